The number of halogens is 1. The quantitative estimate of drug-likeness (QED) is 0.643. The minimum absolute atomic E-state index is 0.145. The molecule has 27 heavy (non-hydrogen) atoms. The second-order valence-electron chi connectivity index (χ2n) is 6.24. The van der Waals surface area contributed by atoms with E-state index in [1.807, 2.05) is 38.1 Å². The molecule has 1 aromatic heterocycles. The van der Waals surface area contributed by atoms with Gasteiger partial charge in [-0.1, -0.05) is 30.7 Å². The van der Waals surface area contributed by atoms with Crippen molar-refractivity contribution in [3.63, 3.8) is 0 Å². The molecule has 0 aliphatic carbocycles. The lowest BCUT2D eigenvalue weighted by molar-refractivity contribution is -0.123. The summed E-state index contributed by atoms with van der Waals surface area (Å²) in [5, 5.41) is 4.35. The number of rotatable bonds is 6. The number of carbonyl (C=O) groups excluding carboxylic acids is 1. The van der Waals surface area contributed by atoms with Crippen LogP contribution >= 0.6 is 11.6 Å². The Bertz CT molecular complexity index is 1030. The van der Waals surface area contributed by atoms with Gasteiger partial charge in [-0.3, -0.25) is 4.79 Å². The fourth-order valence-corrected chi connectivity index (χ4v) is 3.08. The van der Waals surface area contributed by atoms with Crippen molar-refractivity contribution in [3.8, 4) is 5.75 Å². The molecule has 2 aromatic carbocycles. The molecule has 0 saturated heterocycles. The summed E-state index contributed by atoms with van der Waals surface area (Å²) in [5.41, 5.74) is 1.88. The van der Waals surface area contributed by atoms with Crippen LogP contribution in [-0.4, -0.2) is 12.5 Å². The van der Waals surface area contributed by atoms with Gasteiger partial charge in [0.2, 0.25) is 0 Å². The van der Waals surface area contributed by atoms with Gasteiger partial charge in [-0.15, -0.1) is 0 Å². The smallest absolute Gasteiger partial charge is 0.336 e. The van der Waals surface area contributed by atoms with Crippen LogP contribution in [0.4, 0.5) is 0 Å². The SMILES string of the molecule is CCc1cc(=O)oc2cc(OCC(=O)NC(C)c3cccc(Cl)c3)ccc12. The largest absolute Gasteiger partial charge is 0.484 e. The molecule has 1 amide bonds. The van der Waals surface area contributed by atoms with Gasteiger partial charge in [0.25, 0.3) is 5.91 Å². The average molecular weight is 386 g/mol. The normalized spacial score (nSPS) is 12.0. The van der Waals surface area contributed by atoms with Gasteiger partial charge in [-0.2, -0.15) is 0 Å². The van der Waals surface area contributed by atoms with E-state index in [9.17, 15) is 9.59 Å². The van der Waals surface area contributed by atoms with Crippen molar-refractivity contribution in [1.82, 2.24) is 5.32 Å². The first kappa shape index (κ1) is 19.0. The maximum Gasteiger partial charge on any atom is 0.336 e. The number of ether oxygens (including phenoxy) is 1. The van der Waals surface area contributed by atoms with Crippen LogP contribution < -0.4 is 15.7 Å². The van der Waals surface area contributed by atoms with Crippen molar-refractivity contribution < 1.29 is 13.9 Å². The summed E-state index contributed by atoms with van der Waals surface area (Å²) in [6, 6.07) is 13.8. The summed E-state index contributed by atoms with van der Waals surface area (Å²) in [6.07, 6.45) is 0.728. The molecular formula is C21H20ClNO4. The van der Waals surface area contributed by atoms with Crippen molar-refractivity contribution in [2.24, 2.45) is 0 Å². The number of hydrogen-bond acceptors (Lipinski definition) is 4. The predicted molar refractivity (Wildman–Crippen MR) is 105 cm³/mol. The molecule has 0 fully saturated rings. The van der Waals surface area contributed by atoms with Crippen molar-refractivity contribution in [3.05, 3.63) is 75.1 Å². The van der Waals surface area contributed by atoms with Crippen LogP contribution in [0.15, 0.2) is 57.7 Å². The Morgan fingerprint density at radius 2 is 2.04 bits per heavy atom. The van der Waals surface area contributed by atoms with Gasteiger partial charge in [0.1, 0.15) is 11.3 Å². The average Bonchev–Trinajstić information content (AvgIpc) is 2.65. The van der Waals surface area contributed by atoms with Gasteiger partial charge >= 0.3 is 5.63 Å². The highest BCUT2D eigenvalue weighted by molar-refractivity contribution is 6.30. The van der Waals surface area contributed by atoms with Crippen molar-refractivity contribution in [2.45, 2.75) is 26.3 Å². The topological polar surface area (TPSA) is 68.5 Å². The van der Waals surface area contributed by atoms with E-state index in [0.29, 0.717) is 16.4 Å². The van der Waals surface area contributed by atoms with Crippen LogP contribution in [0.5, 0.6) is 5.75 Å². The highest BCUT2D eigenvalue weighted by atomic mass is 35.5. The molecule has 5 nitrogen and oxygen atoms in total. The van der Waals surface area contributed by atoms with E-state index in [1.165, 1.54) is 6.07 Å². The summed E-state index contributed by atoms with van der Waals surface area (Å²) in [7, 11) is 0. The maximum atomic E-state index is 12.2. The monoisotopic (exact) mass is 385 g/mol. The van der Waals surface area contributed by atoms with Crippen molar-refractivity contribution in [1.29, 1.82) is 0 Å². The molecule has 0 aliphatic heterocycles. The van der Waals surface area contributed by atoms with Crippen LogP contribution in [0.1, 0.15) is 31.0 Å². The van der Waals surface area contributed by atoms with Gasteiger partial charge < -0.3 is 14.5 Å². The number of fused-ring (bicyclic) bond motifs is 1. The predicted octanol–water partition coefficient (Wildman–Crippen LogP) is 4.27. The Kier molecular flexibility index (Phi) is 5.81. The van der Waals surface area contributed by atoms with E-state index in [2.05, 4.69) is 5.32 Å². The third kappa shape index (κ3) is 4.68. The molecule has 1 atom stereocenters. The maximum absolute atomic E-state index is 12.2. The second-order valence-corrected chi connectivity index (χ2v) is 6.67. The van der Waals surface area contributed by atoms with Crippen LogP contribution in [0.25, 0.3) is 11.0 Å². The van der Waals surface area contributed by atoms with Gasteiger partial charge in [-0.25, -0.2) is 4.79 Å². The number of amides is 1. The highest BCUT2D eigenvalue weighted by Crippen LogP contribution is 2.23. The molecule has 3 rings (SSSR count). The Labute approximate surface area is 161 Å². The number of nitrogens with one attached hydrogen (secondary N) is 1. The summed E-state index contributed by atoms with van der Waals surface area (Å²) in [5.74, 6) is 0.204. The first-order valence-corrected chi connectivity index (χ1v) is 9.08. The first-order chi connectivity index (χ1) is 13.0. The Morgan fingerprint density at radius 1 is 1.22 bits per heavy atom. The summed E-state index contributed by atoms with van der Waals surface area (Å²) in [6.45, 7) is 3.71. The van der Waals surface area contributed by atoms with Crippen LogP contribution in [-0.2, 0) is 11.2 Å². The van der Waals surface area contributed by atoms with E-state index in [1.54, 1.807) is 18.2 Å². The standard InChI is InChI=1S/C21H20ClNO4/c1-3-14-10-21(25)27-19-11-17(7-8-18(14)19)26-12-20(24)23-13(2)15-5-4-6-16(22)9-15/h4-11,13H,3,12H2,1-2H3,(H,23,24). The third-order valence-corrected chi connectivity index (χ3v) is 4.51. The molecule has 1 N–H and O–H groups in total. The number of hydrogen-bond donors (Lipinski definition) is 1. The van der Waals surface area contributed by atoms with Gasteiger partial charge in [-0.05, 0) is 48.7 Å². The van der Waals surface area contributed by atoms with Crippen molar-refractivity contribution in [2.75, 3.05) is 6.61 Å². The zero-order valence-electron chi connectivity index (χ0n) is 15.1. The Balaban J connectivity index is 1.65. The highest BCUT2D eigenvalue weighted by Gasteiger charge is 2.11. The molecular weight excluding hydrogens is 366 g/mol. The Morgan fingerprint density at radius 3 is 2.78 bits per heavy atom. The van der Waals surface area contributed by atoms with Crippen LogP contribution in [0, 0.1) is 0 Å². The van der Waals surface area contributed by atoms with E-state index in [4.69, 9.17) is 20.8 Å². The Hall–Kier alpha value is -2.79. The molecule has 6 heteroatoms. The molecule has 0 radical (unpaired) electrons. The van der Waals surface area contributed by atoms with Gasteiger partial charge in [0.05, 0.1) is 6.04 Å². The van der Waals surface area contributed by atoms with Crippen LogP contribution in [0.3, 0.4) is 0 Å². The fourth-order valence-electron chi connectivity index (χ4n) is 2.88. The van der Waals surface area contributed by atoms with E-state index in [0.717, 1.165) is 22.9 Å². The lowest BCUT2D eigenvalue weighted by atomic mass is 10.1. The number of aryl methyl sites for hydroxylation is 1. The van der Waals surface area contributed by atoms with E-state index in [-0.39, 0.29) is 18.6 Å². The molecule has 0 spiro atoms. The zero-order chi connectivity index (χ0) is 19.4. The zero-order valence-corrected chi connectivity index (χ0v) is 15.9. The molecule has 1 heterocycles. The molecule has 140 valence electrons. The molecule has 0 bridgehead atoms. The summed E-state index contributed by atoms with van der Waals surface area (Å²) < 4.78 is 10.8. The van der Waals surface area contributed by atoms with Crippen LogP contribution in [0.2, 0.25) is 5.02 Å². The van der Waals surface area contributed by atoms with E-state index < -0.39 is 5.63 Å². The summed E-state index contributed by atoms with van der Waals surface area (Å²) >= 11 is 5.98. The van der Waals surface area contributed by atoms with E-state index >= 15 is 0 Å². The molecule has 0 aliphatic rings. The minimum Gasteiger partial charge on any atom is -0.484 e. The first-order valence-electron chi connectivity index (χ1n) is 8.70. The molecule has 3 aromatic rings. The van der Waals surface area contributed by atoms with Gasteiger partial charge in [0, 0.05) is 22.5 Å². The number of carbonyl (C=O) groups is 1. The number of benzene rings is 2. The fraction of sp³-hybridized carbons (Fsp3) is 0.238. The van der Waals surface area contributed by atoms with Gasteiger partial charge in [0.15, 0.2) is 6.61 Å². The summed E-state index contributed by atoms with van der Waals surface area (Å²) in [4.78, 5) is 23.8. The van der Waals surface area contributed by atoms with Crippen molar-refractivity contribution >= 4 is 28.5 Å². The lowest BCUT2D eigenvalue weighted by Crippen LogP contribution is -2.31. The third-order valence-electron chi connectivity index (χ3n) is 4.28. The second kappa shape index (κ2) is 8.27. The molecule has 1 unspecified atom stereocenters. The lowest BCUT2D eigenvalue weighted by Gasteiger charge is -2.15. The molecule has 0 saturated carbocycles. The minimum atomic E-state index is -0.399.